The Morgan fingerprint density at radius 1 is 0.880 bits per heavy atom. The van der Waals surface area contributed by atoms with Crippen LogP contribution < -0.4 is 21.3 Å². The van der Waals surface area contributed by atoms with E-state index in [2.05, 4.69) is 21.3 Å². The van der Waals surface area contributed by atoms with E-state index in [0.29, 0.717) is 38.2 Å². The van der Waals surface area contributed by atoms with Crippen molar-refractivity contribution in [1.82, 2.24) is 20.9 Å². The minimum atomic E-state index is -1.63. The van der Waals surface area contributed by atoms with Gasteiger partial charge in [-0.25, -0.2) is 9.59 Å². The van der Waals surface area contributed by atoms with Gasteiger partial charge in [-0.05, 0) is 91.0 Å². The van der Waals surface area contributed by atoms with Crippen molar-refractivity contribution < 1.29 is 38.6 Å². The predicted molar refractivity (Wildman–Crippen MR) is 193 cm³/mol. The summed E-state index contributed by atoms with van der Waals surface area (Å²) in [5.41, 5.74) is -0.105. The van der Waals surface area contributed by atoms with Gasteiger partial charge in [0.25, 0.3) is 11.8 Å². The quantitative estimate of drug-likeness (QED) is 0.177. The average Bonchev–Trinajstić information content (AvgIpc) is 3.57. The molecule has 1 aliphatic heterocycles. The number of nitrogens with one attached hydrogen (secondary N) is 4. The third-order valence-electron chi connectivity index (χ3n) is 7.30. The van der Waals surface area contributed by atoms with Crippen LogP contribution in [0.5, 0.6) is 0 Å². The molecule has 5 N–H and O–H groups in total. The summed E-state index contributed by atoms with van der Waals surface area (Å²) in [7, 11) is 0. The van der Waals surface area contributed by atoms with Gasteiger partial charge in [0.1, 0.15) is 17.2 Å². The van der Waals surface area contributed by atoms with Crippen molar-refractivity contribution >= 4 is 47.4 Å². The van der Waals surface area contributed by atoms with Gasteiger partial charge < -0.3 is 40.7 Å². The van der Waals surface area contributed by atoms with Crippen LogP contribution in [-0.2, 0) is 25.5 Å². The molecule has 0 spiro atoms. The van der Waals surface area contributed by atoms with E-state index in [-0.39, 0.29) is 29.5 Å². The first-order valence-corrected chi connectivity index (χ1v) is 17.9. The van der Waals surface area contributed by atoms with Crippen LogP contribution in [0, 0.1) is 0 Å². The molecule has 0 radical (unpaired) electrons. The first-order valence-electron chi connectivity index (χ1n) is 16.8. The van der Waals surface area contributed by atoms with Gasteiger partial charge in [0.15, 0.2) is 6.10 Å². The number of ether oxygens (including phenoxy) is 2. The molecular weight excluding hydrogens is 662 g/mol. The molecule has 1 aliphatic rings. The fourth-order valence-electron chi connectivity index (χ4n) is 5.00. The summed E-state index contributed by atoms with van der Waals surface area (Å²) in [4.78, 5) is 65.8. The Balaban J connectivity index is 1.54. The number of rotatable bonds is 14. The zero-order valence-electron chi connectivity index (χ0n) is 29.7. The molecule has 0 saturated carbocycles. The second kappa shape index (κ2) is 18.6. The van der Waals surface area contributed by atoms with Crippen LogP contribution in [0.2, 0.25) is 0 Å². The van der Waals surface area contributed by atoms with E-state index >= 15 is 0 Å². The summed E-state index contributed by atoms with van der Waals surface area (Å²) in [6.07, 6.45) is -1.39. The molecule has 3 unspecified atom stereocenters. The molecule has 0 aromatic heterocycles. The molecular formula is C36H51N5O8S. The highest BCUT2D eigenvalue weighted by Crippen LogP contribution is 2.18. The summed E-state index contributed by atoms with van der Waals surface area (Å²) >= 11 is 1.66. The summed E-state index contributed by atoms with van der Waals surface area (Å²) < 4.78 is 10.7. The highest BCUT2D eigenvalue weighted by molar-refractivity contribution is 7.99. The first-order chi connectivity index (χ1) is 23.5. The van der Waals surface area contributed by atoms with Gasteiger partial charge in [0.2, 0.25) is 5.91 Å². The van der Waals surface area contributed by atoms with Crippen molar-refractivity contribution in [2.24, 2.45) is 0 Å². The number of amides is 5. The second-order valence-corrected chi connectivity index (χ2v) is 15.1. The van der Waals surface area contributed by atoms with Crippen LogP contribution in [0.1, 0.15) is 76.7 Å². The van der Waals surface area contributed by atoms with Crippen LogP contribution in [0.3, 0.4) is 0 Å². The average molecular weight is 714 g/mol. The van der Waals surface area contributed by atoms with Crippen LogP contribution >= 0.6 is 11.8 Å². The molecule has 2 aromatic carbocycles. The number of unbranched alkanes of at least 4 members (excludes halogenated alkanes) is 1. The van der Waals surface area contributed by atoms with Gasteiger partial charge in [-0.2, -0.15) is 0 Å². The lowest BCUT2D eigenvalue weighted by molar-refractivity contribution is -0.132. The zero-order valence-corrected chi connectivity index (χ0v) is 30.6. The maximum absolute atomic E-state index is 13.1. The van der Waals surface area contributed by atoms with E-state index in [1.807, 2.05) is 30.3 Å². The van der Waals surface area contributed by atoms with E-state index in [9.17, 15) is 29.1 Å². The second-order valence-electron chi connectivity index (χ2n) is 14.0. The normalized spacial score (nSPS) is 14.9. The number of hydrogen-bond donors (Lipinski definition) is 5. The molecule has 0 bridgehead atoms. The Hall–Kier alpha value is -4.30. The Morgan fingerprint density at radius 2 is 1.54 bits per heavy atom. The monoisotopic (exact) mass is 713 g/mol. The Labute approximate surface area is 298 Å². The minimum Gasteiger partial charge on any atom is -0.444 e. The maximum Gasteiger partial charge on any atom is 0.408 e. The largest absolute Gasteiger partial charge is 0.444 e. The van der Waals surface area contributed by atoms with Crippen LogP contribution in [0.25, 0.3) is 0 Å². The molecule has 3 atom stereocenters. The van der Waals surface area contributed by atoms with Gasteiger partial charge in [0.05, 0.1) is 11.9 Å². The summed E-state index contributed by atoms with van der Waals surface area (Å²) in [6, 6.07) is 13.7. The fourth-order valence-corrected chi connectivity index (χ4v) is 5.95. The smallest absolute Gasteiger partial charge is 0.408 e. The molecule has 5 amide bonds. The Kier molecular flexibility index (Phi) is 14.9. The highest BCUT2D eigenvalue weighted by atomic mass is 32.2. The lowest BCUT2D eigenvalue weighted by Crippen LogP contribution is -2.51. The van der Waals surface area contributed by atoms with E-state index in [4.69, 9.17) is 9.47 Å². The summed E-state index contributed by atoms with van der Waals surface area (Å²) in [6.45, 7) is 11.3. The lowest BCUT2D eigenvalue weighted by Gasteiger charge is -2.26. The first kappa shape index (κ1) is 40.1. The van der Waals surface area contributed by atoms with Crippen LogP contribution in [-0.4, -0.2) is 94.0 Å². The zero-order chi connectivity index (χ0) is 36.9. The Bertz CT molecular complexity index is 1450. The minimum absolute atomic E-state index is 0.152. The van der Waals surface area contributed by atoms with Gasteiger partial charge in [-0.15, -0.1) is 11.8 Å². The third-order valence-corrected chi connectivity index (χ3v) is 8.27. The number of benzene rings is 2. The SMILES string of the molecule is CC(C)(C)OC(=O)NC(CCCCNC(=O)c1cccc(NC(=O)C(O)C(Cc2ccccc2)NC(=O)OC(C)(C)C)c1)C(=O)N1CCSC1. The van der Waals surface area contributed by atoms with Gasteiger partial charge >= 0.3 is 12.2 Å². The maximum atomic E-state index is 13.1. The number of aliphatic hydroxyl groups is 1. The Morgan fingerprint density at radius 3 is 2.16 bits per heavy atom. The number of carbonyl (C=O) groups excluding carboxylic acids is 5. The molecule has 2 aromatic rings. The van der Waals surface area contributed by atoms with Crippen molar-refractivity contribution in [2.75, 3.05) is 30.0 Å². The van der Waals surface area contributed by atoms with Gasteiger partial charge in [-0.1, -0.05) is 36.4 Å². The van der Waals surface area contributed by atoms with E-state index in [1.54, 1.807) is 76.4 Å². The summed E-state index contributed by atoms with van der Waals surface area (Å²) in [5, 5.41) is 21.8. The molecule has 1 heterocycles. The highest BCUT2D eigenvalue weighted by Gasteiger charge is 2.31. The fraction of sp³-hybridized carbons (Fsp3) is 0.528. The van der Waals surface area contributed by atoms with Crippen molar-refractivity contribution in [3.8, 4) is 0 Å². The molecule has 14 heteroatoms. The molecule has 274 valence electrons. The molecule has 0 aliphatic carbocycles. The molecule has 3 rings (SSSR count). The van der Waals surface area contributed by atoms with E-state index in [1.165, 1.54) is 6.07 Å². The van der Waals surface area contributed by atoms with Crippen molar-refractivity contribution in [2.45, 2.75) is 96.6 Å². The predicted octanol–water partition coefficient (Wildman–Crippen LogP) is 4.45. The number of carbonyl (C=O) groups is 5. The number of nitrogens with zero attached hydrogens (tertiary/aromatic N) is 1. The molecule has 1 fully saturated rings. The topological polar surface area (TPSA) is 175 Å². The van der Waals surface area contributed by atoms with E-state index in [0.717, 1.165) is 11.3 Å². The van der Waals surface area contributed by atoms with Crippen LogP contribution in [0.4, 0.5) is 15.3 Å². The van der Waals surface area contributed by atoms with Gasteiger partial charge in [0, 0.05) is 30.1 Å². The van der Waals surface area contributed by atoms with Crippen molar-refractivity contribution in [3.63, 3.8) is 0 Å². The summed E-state index contributed by atoms with van der Waals surface area (Å²) in [5.74, 6) is 0.139. The number of aliphatic hydroxyl groups excluding tert-OH is 1. The molecule has 13 nitrogen and oxygen atoms in total. The lowest BCUT2D eigenvalue weighted by atomic mass is 10.0. The molecule has 1 saturated heterocycles. The number of thioether (sulfide) groups is 1. The van der Waals surface area contributed by atoms with Crippen LogP contribution in [0.15, 0.2) is 54.6 Å². The van der Waals surface area contributed by atoms with Gasteiger partial charge in [-0.3, -0.25) is 14.4 Å². The standard InChI is InChI=1S/C36H51N5O8S/c1-35(2,3)48-33(46)39-27(32(45)41-19-20-50-23-41)17-10-11-18-37-30(43)25-15-12-16-26(22-25)38-31(44)29(42)28(21-24-13-8-7-9-14-24)40-34(47)49-36(4,5)6/h7-9,12-16,22,27-29,42H,10-11,17-21,23H2,1-6H3,(H,37,43)(H,38,44)(H,39,46)(H,40,47). The van der Waals surface area contributed by atoms with Crippen molar-refractivity contribution in [3.05, 3.63) is 65.7 Å². The number of anilines is 1. The number of hydrogen-bond acceptors (Lipinski definition) is 9. The molecule has 50 heavy (non-hydrogen) atoms. The van der Waals surface area contributed by atoms with Crippen molar-refractivity contribution in [1.29, 1.82) is 0 Å². The third kappa shape index (κ3) is 14.3. The van der Waals surface area contributed by atoms with E-state index < -0.39 is 47.5 Å². The number of alkyl carbamates (subject to hydrolysis) is 2.